The number of hydrogen-bond acceptors (Lipinski definition) is 6. The number of aliphatic imine (C=N–C) groups is 2. The quantitative estimate of drug-likeness (QED) is 0.0654. The number of allylic oxidation sites excluding steroid dienone is 6. The van der Waals surface area contributed by atoms with Crippen LogP contribution in [0.3, 0.4) is 0 Å². The average molecular weight is 758 g/mol. The number of anilines is 4. The average Bonchev–Trinajstić information content (AvgIpc) is 3.94. The van der Waals surface area contributed by atoms with Crippen molar-refractivity contribution in [3.8, 4) is 0 Å². The van der Waals surface area contributed by atoms with E-state index in [1.54, 1.807) is 23.5 Å². The molecule has 6 nitrogen and oxygen atoms in total. The molecule has 0 atom stereocenters. The molecule has 0 saturated heterocycles. The number of H-pyrrole nitrogens is 1. The Kier molecular flexibility index (Phi) is 8.69. The summed E-state index contributed by atoms with van der Waals surface area (Å²) in [5.74, 6) is 0. The van der Waals surface area contributed by atoms with Gasteiger partial charge in [-0.25, -0.2) is 5.70 Å². The van der Waals surface area contributed by atoms with E-state index in [0.717, 1.165) is 95.7 Å². The fourth-order valence-electron chi connectivity index (χ4n) is 6.32. The minimum absolute atomic E-state index is 0.338. The molecule has 246 valence electrons. The number of fused-ring (bicyclic) bond motifs is 4. The van der Waals surface area contributed by atoms with Gasteiger partial charge in [-0.1, -0.05) is 89.3 Å². The molecule has 4 aliphatic heterocycles. The molecule has 4 N–H and O–H groups in total. The molecule has 4 aliphatic rings. The van der Waals surface area contributed by atoms with E-state index in [2.05, 4.69) is 104 Å². The first-order valence-corrected chi connectivity index (χ1v) is 20.1. The summed E-state index contributed by atoms with van der Waals surface area (Å²) in [4.78, 5) is 17.4. The molecule has 1 aromatic heterocycles. The predicted molar refractivity (Wildman–Crippen MR) is 215 cm³/mol. The van der Waals surface area contributed by atoms with Crippen LogP contribution >= 0.6 is 23.5 Å². The molecular formula is C43H28N6S2Zn-2. The van der Waals surface area contributed by atoms with Gasteiger partial charge in [0.2, 0.25) is 0 Å². The summed E-state index contributed by atoms with van der Waals surface area (Å²) in [7, 11) is 0. The topological polar surface area (TPSA) is 88.4 Å². The summed E-state index contributed by atoms with van der Waals surface area (Å²) in [5, 5.41) is 7.34. The molecule has 0 saturated carbocycles. The normalized spacial score (nSPS) is 17.2. The van der Waals surface area contributed by atoms with Gasteiger partial charge >= 0.3 is 120 Å². The number of aromatic nitrogens is 1. The molecule has 0 amide bonds. The van der Waals surface area contributed by atoms with Gasteiger partial charge in [-0.2, -0.15) is 0 Å². The van der Waals surface area contributed by atoms with E-state index in [1.807, 2.05) is 66.8 Å². The third-order valence-corrected chi connectivity index (χ3v) is 11.9. The minimum Gasteiger partial charge on any atom is -0.385 e. The van der Waals surface area contributed by atoms with Crippen molar-refractivity contribution >= 4 is 80.0 Å². The molecule has 9 heteroatoms. The second-order valence-electron chi connectivity index (χ2n) is 12.3. The summed E-state index contributed by atoms with van der Waals surface area (Å²) in [6.45, 7) is 0. The Morgan fingerprint density at radius 2 is 1.25 bits per heavy atom. The van der Waals surface area contributed by atoms with Crippen molar-refractivity contribution in [3.63, 3.8) is 0 Å². The SMILES string of the molecule is [NH-]C(=Cc1ccc(C=C2C=CC(C=C3C=CC([CH]=[Zn])=N3)=N2)[nH]1)C(=[C-]c1cccc2c1Nc1ccccc1S2)c1cccc2c1Nc1ccccc1S2. The molecule has 9 rings (SSSR count). The first-order valence-electron chi connectivity index (χ1n) is 16.8. The molecule has 4 aromatic carbocycles. The Morgan fingerprint density at radius 3 is 2.00 bits per heavy atom. The zero-order valence-electron chi connectivity index (χ0n) is 27.8. The zero-order valence-corrected chi connectivity index (χ0v) is 32.4. The number of benzene rings is 4. The first kappa shape index (κ1) is 32.4. The Morgan fingerprint density at radius 1 is 0.635 bits per heavy atom. The number of nitrogens with zero attached hydrogens (tertiary/aromatic N) is 2. The van der Waals surface area contributed by atoms with Crippen molar-refractivity contribution in [1.29, 1.82) is 0 Å². The maximum Gasteiger partial charge on any atom is 0.0521 e. The molecular weight excluding hydrogens is 730 g/mol. The van der Waals surface area contributed by atoms with Crippen molar-refractivity contribution < 1.29 is 17.9 Å². The van der Waals surface area contributed by atoms with Crippen LogP contribution in [0.5, 0.6) is 0 Å². The van der Waals surface area contributed by atoms with Crippen molar-refractivity contribution in [1.82, 2.24) is 4.98 Å². The summed E-state index contributed by atoms with van der Waals surface area (Å²) in [6.07, 6.45) is 17.7. The third-order valence-electron chi connectivity index (χ3n) is 8.79. The van der Waals surface area contributed by atoms with E-state index in [4.69, 9.17) is 4.99 Å². The molecule has 0 spiro atoms. The number of para-hydroxylation sites is 4. The van der Waals surface area contributed by atoms with Crippen LogP contribution in [0.1, 0.15) is 22.5 Å². The van der Waals surface area contributed by atoms with Crippen molar-refractivity contribution in [2.75, 3.05) is 10.6 Å². The standard InChI is InChI=1S/C43H28N6S2.Zn/c1-26-16-17-28(45-26)23-29-18-19-30(46-29)24-31-20-21-32(47-31)25-35(44)34(33-9-7-15-41-43(33)49-37-11-3-5-13-39(37)51-41)22-27-8-6-14-40-42(27)48-36-10-2-4-12-38(36)50-40;/h1-21,23-25,44,47-49H;/q-2;. The van der Waals surface area contributed by atoms with Gasteiger partial charge in [0.15, 0.2) is 0 Å². The van der Waals surface area contributed by atoms with Crippen LogP contribution in [-0.2, 0) is 17.9 Å². The number of aromatic amines is 1. The Balaban J connectivity index is 1.08. The molecule has 52 heavy (non-hydrogen) atoms. The number of nitrogens with one attached hydrogen (secondary N) is 4. The van der Waals surface area contributed by atoms with Crippen LogP contribution in [-0.4, -0.2) is 21.0 Å². The number of rotatable bonds is 7. The van der Waals surface area contributed by atoms with E-state index >= 15 is 0 Å². The van der Waals surface area contributed by atoms with Gasteiger partial charge in [0.1, 0.15) is 0 Å². The van der Waals surface area contributed by atoms with Gasteiger partial charge < -0.3 is 16.4 Å². The summed E-state index contributed by atoms with van der Waals surface area (Å²) in [6, 6.07) is 33.2. The first-order chi connectivity index (χ1) is 25.6. The number of hydrogen-bond donors (Lipinski definition) is 3. The molecule has 0 fully saturated rings. The third kappa shape index (κ3) is 6.55. The molecule has 5 heterocycles. The van der Waals surface area contributed by atoms with E-state index < -0.39 is 0 Å². The van der Waals surface area contributed by atoms with Gasteiger partial charge in [0, 0.05) is 31.0 Å². The fraction of sp³-hybridized carbons (Fsp3) is 0. The van der Waals surface area contributed by atoms with Crippen molar-refractivity contribution in [2.24, 2.45) is 9.98 Å². The van der Waals surface area contributed by atoms with Crippen LogP contribution < -0.4 is 10.6 Å². The van der Waals surface area contributed by atoms with E-state index in [-0.39, 0.29) is 0 Å². The molecule has 0 aliphatic carbocycles. The van der Waals surface area contributed by atoms with Crippen LogP contribution in [0.2, 0.25) is 0 Å². The summed E-state index contributed by atoms with van der Waals surface area (Å²) >= 11 is 4.56. The second-order valence-corrected chi connectivity index (χ2v) is 15.3. The fourth-order valence-corrected chi connectivity index (χ4v) is 8.84. The van der Waals surface area contributed by atoms with Gasteiger partial charge in [-0.3, -0.25) is 0 Å². The smallest absolute Gasteiger partial charge is 0.0521 e. The molecule has 0 bridgehead atoms. The molecule has 5 aromatic rings. The summed E-state index contributed by atoms with van der Waals surface area (Å²) < 4.78 is 2.11. The van der Waals surface area contributed by atoms with Crippen LogP contribution in [0, 0.1) is 6.08 Å². The largest absolute Gasteiger partial charge is 0.385 e. The summed E-state index contributed by atoms with van der Waals surface area (Å²) in [5.41, 5.74) is 21.9. The molecule has 0 radical (unpaired) electrons. The van der Waals surface area contributed by atoms with E-state index in [0.29, 0.717) is 11.3 Å². The second kappa shape index (κ2) is 13.9. The predicted octanol–water partition coefficient (Wildman–Crippen LogP) is 11.4. The minimum atomic E-state index is 0.338. The van der Waals surface area contributed by atoms with E-state index in [9.17, 15) is 5.73 Å². The van der Waals surface area contributed by atoms with Crippen molar-refractivity contribution in [2.45, 2.75) is 19.6 Å². The van der Waals surface area contributed by atoms with Crippen LogP contribution in [0.15, 0.2) is 174 Å². The van der Waals surface area contributed by atoms with Crippen LogP contribution in [0.4, 0.5) is 22.7 Å². The van der Waals surface area contributed by atoms with Crippen LogP contribution in [0.25, 0.3) is 23.5 Å². The Labute approximate surface area is 320 Å². The maximum absolute atomic E-state index is 9.58. The maximum atomic E-state index is 9.58. The van der Waals surface area contributed by atoms with Crippen molar-refractivity contribution in [3.05, 3.63) is 179 Å². The molecule has 0 unspecified atom stereocenters. The Bertz CT molecular complexity index is 2560. The van der Waals surface area contributed by atoms with E-state index in [1.165, 1.54) is 9.79 Å². The Hall–Kier alpha value is -5.47. The van der Waals surface area contributed by atoms with Gasteiger partial charge in [-0.05, 0) is 36.0 Å². The van der Waals surface area contributed by atoms with Gasteiger partial charge in [-0.15, -0.1) is 17.7 Å². The zero-order chi connectivity index (χ0) is 35.0. The van der Waals surface area contributed by atoms with Gasteiger partial charge in [0.05, 0.1) is 5.69 Å². The monoisotopic (exact) mass is 756 g/mol. The van der Waals surface area contributed by atoms with Gasteiger partial charge in [0.25, 0.3) is 0 Å².